The third-order valence-corrected chi connectivity index (χ3v) is 6.47. The lowest BCUT2D eigenvalue weighted by atomic mass is 9.99. The van der Waals surface area contributed by atoms with Crippen molar-refractivity contribution in [3.8, 4) is 0 Å². The SMILES string of the molecule is CS[C@H]1C[C@@H](CNc2ccc(CCc3ccc(F)cc3)c(C(=O)O)c2)N(C)C1. The van der Waals surface area contributed by atoms with E-state index in [-0.39, 0.29) is 5.82 Å². The highest BCUT2D eigenvalue weighted by Crippen LogP contribution is 2.25. The molecule has 1 saturated heterocycles. The number of hydrogen-bond donors (Lipinski definition) is 2. The number of thioether (sulfide) groups is 1. The zero-order valence-electron chi connectivity index (χ0n) is 16.3. The molecule has 2 aromatic rings. The van der Waals surface area contributed by atoms with Gasteiger partial charge >= 0.3 is 5.97 Å². The first-order valence-electron chi connectivity index (χ1n) is 9.54. The fraction of sp³-hybridized carbons (Fsp3) is 0.409. The van der Waals surface area contributed by atoms with Gasteiger partial charge < -0.3 is 15.3 Å². The number of carboxylic acid groups (broad SMARTS) is 1. The molecular formula is C22H27FN2O2S. The summed E-state index contributed by atoms with van der Waals surface area (Å²) >= 11 is 1.91. The Bertz CT molecular complexity index is 813. The van der Waals surface area contributed by atoms with Gasteiger partial charge in [-0.2, -0.15) is 11.8 Å². The van der Waals surface area contributed by atoms with Crippen molar-refractivity contribution in [1.82, 2.24) is 4.90 Å². The molecule has 1 aliphatic rings. The van der Waals surface area contributed by atoms with Crippen molar-refractivity contribution in [2.24, 2.45) is 0 Å². The first kappa shape index (κ1) is 20.7. The van der Waals surface area contributed by atoms with Crippen LogP contribution in [0.1, 0.15) is 27.9 Å². The maximum atomic E-state index is 13.0. The lowest BCUT2D eigenvalue weighted by molar-refractivity contribution is 0.0695. The molecule has 0 saturated carbocycles. The first-order valence-corrected chi connectivity index (χ1v) is 10.8. The van der Waals surface area contributed by atoms with E-state index in [1.807, 2.05) is 23.9 Å². The number of likely N-dealkylation sites (tertiary alicyclic amines) is 1. The molecule has 0 unspecified atom stereocenters. The molecule has 1 heterocycles. The molecule has 0 amide bonds. The highest BCUT2D eigenvalue weighted by Gasteiger charge is 2.28. The molecule has 28 heavy (non-hydrogen) atoms. The highest BCUT2D eigenvalue weighted by molar-refractivity contribution is 7.99. The van der Waals surface area contributed by atoms with Gasteiger partial charge in [-0.05, 0) is 68.0 Å². The fourth-order valence-electron chi connectivity index (χ4n) is 3.71. The number of halogens is 1. The van der Waals surface area contributed by atoms with Crippen LogP contribution in [0.2, 0.25) is 0 Å². The third-order valence-electron chi connectivity index (χ3n) is 5.46. The van der Waals surface area contributed by atoms with Crippen molar-refractivity contribution in [1.29, 1.82) is 0 Å². The molecule has 6 heteroatoms. The number of nitrogens with zero attached hydrogens (tertiary/aromatic N) is 1. The summed E-state index contributed by atoms with van der Waals surface area (Å²) in [5, 5.41) is 13.7. The Morgan fingerprint density at radius 3 is 2.64 bits per heavy atom. The Balaban J connectivity index is 1.63. The standard InChI is InChI=1S/C22H27FN2O2S/c1-25-14-20(28-2)12-19(25)13-24-18-10-7-16(21(11-18)22(26)27)6-3-15-4-8-17(23)9-5-15/h4-5,7-11,19-20,24H,3,6,12-14H2,1-2H3,(H,26,27)/t19-,20-/m0/s1. The molecule has 0 spiro atoms. The second-order valence-electron chi connectivity index (χ2n) is 7.37. The van der Waals surface area contributed by atoms with Crippen LogP contribution in [0.25, 0.3) is 0 Å². The van der Waals surface area contributed by atoms with E-state index in [4.69, 9.17) is 0 Å². The van der Waals surface area contributed by atoms with Crippen molar-refractivity contribution < 1.29 is 14.3 Å². The molecule has 1 aliphatic heterocycles. The van der Waals surface area contributed by atoms with Crippen LogP contribution in [0, 0.1) is 5.82 Å². The minimum Gasteiger partial charge on any atom is -0.478 e. The van der Waals surface area contributed by atoms with Gasteiger partial charge in [-0.1, -0.05) is 18.2 Å². The maximum absolute atomic E-state index is 13.0. The fourth-order valence-corrected chi connectivity index (χ4v) is 4.51. The normalized spacial score (nSPS) is 19.7. The molecule has 0 radical (unpaired) electrons. The number of aryl methyl sites for hydroxylation is 2. The number of nitrogens with one attached hydrogen (secondary N) is 1. The van der Waals surface area contributed by atoms with Crippen molar-refractivity contribution in [3.05, 3.63) is 65.0 Å². The van der Waals surface area contributed by atoms with E-state index in [9.17, 15) is 14.3 Å². The minimum atomic E-state index is -0.918. The van der Waals surface area contributed by atoms with Gasteiger partial charge in [-0.15, -0.1) is 0 Å². The van der Waals surface area contributed by atoms with Crippen molar-refractivity contribution >= 4 is 23.4 Å². The average molecular weight is 403 g/mol. The Morgan fingerprint density at radius 2 is 2.00 bits per heavy atom. The smallest absolute Gasteiger partial charge is 0.336 e. The van der Waals surface area contributed by atoms with Crippen molar-refractivity contribution in [3.63, 3.8) is 0 Å². The van der Waals surface area contributed by atoms with Gasteiger partial charge in [0.25, 0.3) is 0 Å². The Kier molecular flexibility index (Phi) is 6.97. The first-order chi connectivity index (χ1) is 13.5. The molecular weight excluding hydrogens is 375 g/mol. The number of anilines is 1. The molecule has 4 nitrogen and oxygen atoms in total. The van der Waals surface area contributed by atoms with Gasteiger partial charge in [0.2, 0.25) is 0 Å². The predicted octanol–water partition coefficient (Wildman–Crippen LogP) is 4.16. The molecule has 0 aromatic heterocycles. The van der Waals surface area contributed by atoms with Crippen LogP contribution in [0.3, 0.4) is 0 Å². The monoisotopic (exact) mass is 402 g/mol. The quantitative estimate of drug-likeness (QED) is 0.695. The van der Waals surface area contributed by atoms with E-state index in [0.717, 1.165) is 36.3 Å². The lowest BCUT2D eigenvalue weighted by Crippen LogP contribution is -2.31. The average Bonchev–Trinajstić information content (AvgIpc) is 3.06. The van der Waals surface area contributed by atoms with Crippen molar-refractivity contribution in [2.75, 3.05) is 31.7 Å². The number of hydrogen-bond acceptors (Lipinski definition) is 4. The van der Waals surface area contributed by atoms with Crippen LogP contribution in [-0.4, -0.2) is 53.7 Å². The van der Waals surface area contributed by atoms with Crippen LogP contribution >= 0.6 is 11.8 Å². The largest absolute Gasteiger partial charge is 0.478 e. The van der Waals surface area contributed by atoms with E-state index >= 15 is 0 Å². The number of rotatable bonds is 8. The maximum Gasteiger partial charge on any atom is 0.336 e. The number of aromatic carboxylic acids is 1. The van der Waals surface area contributed by atoms with E-state index < -0.39 is 5.97 Å². The van der Waals surface area contributed by atoms with Crippen molar-refractivity contribution in [2.45, 2.75) is 30.6 Å². The van der Waals surface area contributed by atoms with E-state index in [0.29, 0.717) is 29.7 Å². The highest BCUT2D eigenvalue weighted by atomic mass is 32.2. The van der Waals surface area contributed by atoms with Gasteiger partial charge in [0.05, 0.1) is 5.56 Å². The second-order valence-corrected chi connectivity index (χ2v) is 8.51. The summed E-state index contributed by atoms with van der Waals surface area (Å²) in [6.07, 6.45) is 4.58. The van der Waals surface area contributed by atoms with Crippen LogP contribution in [0.4, 0.5) is 10.1 Å². The molecule has 1 fully saturated rings. The molecule has 2 N–H and O–H groups in total. The predicted molar refractivity (Wildman–Crippen MR) is 114 cm³/mol. The Hall–Kier alpha value is -2.05. The Morgan fingerprint density at radius 1 is 1.25 bits per heavy atom. The van der Waals surface area contributed by atoms with Gasteiger partial charge in [-0.25, -0.2) is 9.18 Å². The summed E-state index contributed by atoms with van der Waals surface area (Å²) in [6, 6.07) is 12.4. The van der Waals surface area contributed by atoms with Gasteiger partial charge in [0, 0.05) is 30.1 Å². The third kappa shape index (κ3) is 5.26. The minimum absolute atomic E-state index is 0.262. The molecule has 0 bridgehead atoms. The van der Waals surface area contributed by atoms with Crippen LogP contribution in [0.5, 0.6) is 0 Å². The zero-order chi connectivity index (χ0) is 20.1. The van der Waals surface area contributed by atoms with Crippen LogP contribution < -0.4 is 5.32 Å². The Labute approximate surface area is 170 Å². The van der Waals surface area contributed by atoms with E-state index in [1.54, 1.807) is 18.2 Å². The van der Waals surface area contributed by atoms with Gasteiger partial charge in [-0.3, -0.25) is 0 Å². The topological polar surface area (TPSA) is 52.6 Å². The summed E-state index contributed by atoms with van der Waals surface area (Å²) in [6.45, 7) is 1.90. The number of likely N-dealkylation sites (N-methyl/N-ethyl adjacent to an activating group) is 1. The second kappa shape index (κ2) is 9.43. The van der Waals surface area contributed by atoms with E-state index in [2.05, 4.69) is 23.5 Å². The number of carbonyl (C=O) groups is 1. The molecule has 0 aliphatic carbocycles. The molecule has 3 rings (SSSR count). The summed E-state index contributed by atoms with van der Waals surface area (Å²) in [5.74, 6) is -1.18. The number of carboxylic acids is 1. The van der Waals surface area contributed by atoms with E-state index in [1.165, 1.54) is 12.1 Å². The van der Waals surface area contributed by atoms with Crippen LogP contribution in [-0.2, 0) is 12.8 Å². The lowest BCUT2D eigenvalue weighted by Gasteiger charge is -2.20. The van der Waals surface area contributed by atoms with Crippen LogP contribution in [0.15, 0.2) is 42.5 Å². The number of benzene rings is 2. The van der Waals surface area contributed by atoms with Gasteiger partial charge in [0.15, 0.2) is 0 Å². The summed E-state index contributed by atoms with van der Waals surface area (Å²) in [4.78, 5) is 14.1. The summed E-state index contributed by atoms with van der Waals surface area (Å²) in [7, 11) is 2.14. The van der Waals surface area contributed by atoms with Gasteiger partial charge in [0.1, 0.15) is 5.82 Å². The molecule has 2 atom stereocenters. The molecule has 2 aromatic carbocycles. The summed E-state index contributed by atoms with van der Waals surface area (Å²) in [5.41, 5.74) is 2.95. The molecule has 150 valence electrons. The summed E-state index contributed by atoms with van der Waals surface area (Å²) < 4.78 is 13.0. The zero-order valence-corrected chi connectivity index (χ0v) is 17.1.